The van der Waals surface area contributed by atoms with Gasteiger partial charge in [-0.25, -0.2) is 17.2 Å². The van der Waals surface area contributed by atoms with Gasteiger partial charge in [0.2, 0.25) is 0 Å². The van der Waals surface area contributed by atoms with Crippen LogP contribution < -0.4 is 4.74 Å². The van der Waals surface area contributed by atoms with Crippen LogP contribution in [0.15, 0.2) is 41.3 Å². The van der Waals surface area contributed by atoms with E-state index in [0.29, 0.717) is 6.07 Å². The molecule has 168 valence electrons. The number of fused-ring (bicyclic) bond motifs is 3. The van der Waals surface area contributed by atoms with Crippen molar-refractivity contribution in [3.63, 3.8) is 0 Å². The first-order valence-electron chi connectivity index (χ1n) is 9.24. The van der Waals surface area contributed by atoms with E-state index in [1.54, 1.807) is 0 Å². The second-order valence-corrected chi connectivity index (χ2v) is 10.5. The van der Waals surface area contributed by atoms with Crippen LogP contribution in [0.1, 0.15) is 24.8 Å². The monoisotopic (exact) mass is 482 g/mol. The summed E-state index contributed by atoms with van der Waals surface area (Å²) in [6, 6.07) is 6.32. The molecule has 3 atom stereocenters. The van der Waals surface area contributed by atoms with E-state index in [-0.39, 0.29) is 9.92 Å². The Kier molecular flexibility index (Phi) is 5.07. The van der Waals surface area contributed by atoms with Gasteiger partial charge in [0, 0.05) is 10.9 Å². The topological polar surface area (TPSA) is 63.6 Å². The summed E-state index contributed by atoms with van der Waals surface area (Å²) in [6.07, 6.45) is -7.87. The van der Waals surface area contributed by atoms with Crippen LogP contribution in [0.3, 0.4) is 0 Å². The maximum atomic E-state index is 15.0. The van der Waals surface area contributed by atoms with Crippen molar-refractivity contribution in [1.29, 1.82) is 0 Å². The minimum atomic E-state index is -5.04. The molecule has 0 spiro atoms. The molecule has 31 heavy (non-hydrogen) atoms. The first kappa shape index (κ1) is 22.3. The summed E-state index contributed by atoms with van der Waals surface area (Å²) < 4.78 is 101. The molecule has 2 aromatic rings. The molecule has 0 unspecified atom stereocenters. The number of hydrogen-bond donors (Lipinski definition) is 1. The third-order valence-corrected chi connectivity index (χ3v) is 9.04. The van der Waals surface area contributed by atoms with Crippen molar-refractivity contribution in [3.05, 3.63) is 58.6 Å². The Morgan fingerprint density at radius 1 is 1.03 bits per heavy atom. The third-order valence-electron chi connectivity index (χ3n) is 6.20. The molecular weight excluding hydrogens is 467 g/mol. The van der Waals surface area contributed by atoms with Crippen molar-refractivity contribution in [3.8, 4) is 5.75 Å². The normalized spacial score (nSPS) is 28.4. The minimum absolute atomic E-state index is 0.215. The molecule has 1 saturated carbocycles. The van der Waals surface area contributed by atoms with Gasteiger partial charge in [-0.05, 0) is 55.7 Å². The zero-order valence-electron chi connectivity index (χ0n) is 15.7. The number of benzene rings is 2. The Labute approximate surface area is 179 Å². The van der Waals surface area contributed by atoms with Crippen LogP contribution in [-0.4, -0.2) is 31.9 Å². The molecule has 0 saturated heterocycles. The van der Waals surface area contributed by atoms with Gasteiger partial charge >= 0.3 is 6.18 Å². The van der Waals surface area contributed by atoms with Gasteiger partial charge in [-0.15, -0.1) is 0 Å². The lowest BCUT2D eigenvalue weighted by molar-refractivity contribution is -0.278. The van der Waals surface area contributed by atoms with Gasteiger partial charge in [-0.2, -0.15) is 13.2 Å². The number of halogens is 6. The molecule has 0 bridgehead atoms. The number of ether oxygens (including phenoxy) is 1. The predicted molar refractivity (Wildman–Crippen MR) is 101 cm³/mol. The maximum absolute atomic E-state index is 15.0. The smallest absolute Gasteiger partial charge is 0.417 e. The van der Waals surface area contributed by atoms with Crippen LogP contribution in [0.4, 0.5) is 22.0 Å². The summed E-state index contributed by atoms with van der Waals surface area (Å²) in [5, 5.41) is 10.5. The van der Waals surface area contributed by atoms with Gasteiger partial charge in [-0.3, -0.25) is 0 Å². The molecule has 4 rings (SSSR count). The van der Waals surface area contributed by atoms with Gasteiger partial charge in [-0.1, -0.05) is 11.6 Å². The molecule has 0 radical (unpaired) electrons. The van der Waals surface area contributed by atoms with E-state index in [1.807, 2.05) is 0 Å². The van der Waals surface area contributed by atoms with E-state index < -0.39 is 81.1 Å². The highest BCUT2D eigenvalue weighted by atomic mass is 35.5. The summed E-state index contributed by atoms with van der Waals surface area (Å²) >= 11 is 5.82. The molecule has 1 aliphatic heterocycles. The van der Waals surface area contributed by atoms with Gasteiger partial charge in [0.15, 0.2) is 27.0 Å². The predicted octanol–water partition coefficient (Wildman–Crippen LogP) is 4.77. The first-order valence-corrected chi connectivity index (χ1v) is 11.1. The van der Waals surface area contributed by atoms with Crippen LogP contribution in [0.2, 0.25) is 5.02 Å². The second-order valence-electron chi connectivity index (χ2n) is 7.82. The van der Waals surface area contributed by atoms with E-state index in [4.69, 9.17) is 16.3 Å². The molecular formula is C20H16ClF5O4S. The third kappa shape index (κ3) is 3.14. The van der Waals surface area contributed by atoms with Crippen molar-refractivity contribution in [1.82, 2.24) is 0 Å². The van der Waals surface area contributed by atoms with Crippen molar-refractivity contribution in [2.24, 2.45) is 5.92 Å². The lowest BCUT2D eigenvalue weighted by Crippen LogP contribution is -2.60. The fourth-order valence-corrected chi connectivity index (χ4v) is 7.08. The lowest BCUT2D eigenvalue weighted by Gasteiger charge is -2.51. The Morgan fingerprint density at radius 3 is 2.26 bits per heavy atom. The van der Waals surface area contributed by atoms with Gasteiger partial charge in [0.05, 0.1) is 17.1 Å². The second kappa shape index (κ2) is 7.05. The summed E-state index contributed by atoms with van der Waals surface area (Å²) in [4.78, 5) is -0.309. The molecule has 4 nitrogen and oxygen atoms in total. The van der Waals surface area contributed by atoms with Crippen molar-refractivity contribution in [2.75, 3.05) is 6.61 Å². The highest BCUT2D eigenvalue weighted by Crippen LogP contribution is 2.60. The highest BCUT2D eigenvalue weighted by molar-refractivity contribution is 7.92. The van der Waals surface area contributed by atoms with Crippen LogP contribution in [-0.2, 0) is 14.6 Å². The molecule has 0 amide bonds. The van der Waals surface area contributed by atoms with Crippen LogP contribution in [0, 0.1) is 17.6 Å². The van der Waals surface area contributed by atoms with E-state index in [2.05, 4.69) is 0 Å². The number of alkyl halides is 3. The van der Waals surface area contributed by atoms with Gasteiger partial charge in [0.1, 0.15) is 10.6 Å². The van der Waals surface area contributed by atoms with Crippen molar-refractivity contribution >= 4 is 21.4 Å². The zero-order chi connectivity index (χ0) is 22.8. The number of hydrogen-bond acceptors (Lipinski definition) is 4. The van der Waals surface area contributed by atoms with Crippen LogP contribution in [0.5, 0.6) is 5.75 Å². The van der Waals surface area contributed by atoms with E-state index in [1.165, 1.54) is 12.1 Å². The minimum Gasteiger partial charge on any atom is -0.490 e. The van der Waals surface area contributed by atoms with E-state index in [0.717, 1.165) is 18.2 Å². The van der Waals surface area contributed by atoms with E-state index in [9.17, 15) is 35.5 Å². The average Bonchev–Trinajstić information content (AvgIpc) is 2.69. The number of rotatable bonds is 2. The molecule has 1 aliphatic carbocycles. The average molecular weight is 483 g/mol. The first-order chi connectivity index (χ1) is 14.3. The lowest BCUT2D eigenvalue weighted by atomic mass is 9.67. The quantitative estimate of drug-likeness (QED) is 0.626. The number of aliphatic hydroxyl groups is 1. The van der Waals surface area contributed by atoms with Crippen molar-refractivity contribution in [2.45, 2.75) is 40.7 Å². The maximum Gasteiger partial charge on any atom is 0.417 e. The van der Waals surface area contributed by atoms with Crippen LogP contribution >= 0.6 is 11.6 Å². The Hall–Kier alpha value is -1.91. The Balaban J connectivity index is 1.99. The molecule has 0 aromatic heterocycles. The van der Waals surface area contributed by atoms with E-state index >= 15 is 0 Å². The van der Waals surface area contributed by atoms with Crippen LogP contribution in [0.25, 0.3) is 0 Å². The van der Waals surface area contributed by atoms with Gasteiger partial charge in [0.25, 0.3) is 0 Å². The molecule has 1 fully saturated rings. The van der Waals surface area contributed by atoms with Gasteiger partial charge < -0.3 is 9.84 Å². The fraction of sp³-hybridized carbons (Fsp3) is 0.400. The summed E-state index contributed by atoms with van der Waals surface area (Å²) in [5.41, 5.74) is -3.83. The summed E-state index contributed by atoms with van der Waals surface area (Å²) in [5.74, 6) is -4.28. The largest absolute Gasteiger partial charge is 0.490 e. The standard InChI is InChI=1S/C20H16ClF5O4S/c21-12-1-3-13(4-2-12)31(28,29)19-8-7-18(27,20(24,25)26)9-11(19)10-30-17-15(23)6-5-14(22)16(17)19/h1-6,11,27H,7-10H2/t11-,18+,19+/m1/s1. The zero-order valence-corrected chi connectivity index (χ0v) is 17.3. The van der Waals surface area contributed by atoms with Crippen molar-refractivity contribution < 1.29 is 40.2 Å². The summed E-state index contributed by atoms with van der Waals surface area (Å²) in [6.45, 7) is -0.640. The number of sulfone groups is 1. The molecule has 1 N–H and O–H groups in total. The SMILES string of the molecule is O=S(=O)(c1ccc(Cl)cc1)[C@@]12CC[C@@](O)(C(F)(F)F)C[C@@H]1COc1c(F)ccc(F)c12. The fourth-order valence-electron chi connectivity index (χ4n) is 4.62. The Morgan fingerprint density at radius 2 is 1.65 bits per heavy atom. The highest BCUT2D eigenvalue weighted by Gasteiger charge is 2.67. The Bertz CT molecular complexity index is 1140. The molecule has 11 heteroatoms. The molecule has 2 aromatic carbocycles. The summed E-state index contributed by atoms with van der Waals surface area (Å²) in [7, 11) is -4.57. The molecule has 1 heterocycles. The molecule has 2 aliphatic rings.